The van der Waals surface area contributed by atoms with Gasteiger partial charge in [-0.3, -0.25) is 0 Å². The van der Waals surface area contributed by atoms with E-state index in [4.69, 9.17) is 11.5 Å². The predicted octanol–water partition coefficient (Wildman–Crippen LogP) is 3.75. The molecule has 94 valence electrons. The molecule has 0 amide bonds. The molecule has 0 saturated carbocycles. The summed E-state index contributed by atoms with van der Waals surface area (Å²) < 4.78 is 0. The van der Waals surface area contributed by atoms with E-state index in [0.717, 1.165) is 11.4 Å². The Morgan fingerprint density at radius 1 is 0.556 bits per heavy atom. The van der Waals surface area contributed by atoms with Crippen molar-refractivity contribution in [1.82, 2.24) is 0 Å². The quantitative estimate of drug-likeness (QED) is 0.746. The van der Waals surface area contributed by atoms with Gasteiger partial charge in [0.05, 0.1) is 0 Å². The Labute approximate surface area is 109 Å². The Hall–Kier alpha value is -1.96. The Morgan fingerprint density at radius 2 is 0.778 bits per heavy atom. The zero-order valence-electron chi connectivity index (χ0n) is 11.5. The number of hydrogen-bond acceptors (Lipinski definition) is 2. The van der Waals surface area contributed by atoms with Gasteiger partial charge < -0.3 is 11.5 Å². The first kappa shape index (κ1) is 12.5. The van der Waals surface area contributed by atoms with E-state index in [9.17, 15) is 0 Å². The third kappa shape index (κ3) is 2.06. The highest BCUT2D eigenvalue weighted by molar-refractivity contribution is 5.79. The van der Waals surface area contributed by atoms with Crippen molar-refractivity contribution in [2.45, 2.75) is 27.7 Å². The fraction of sp³-hybridized carbons (Fsp3) is 0.250. The zero-order chi connectivity index (χ0) is 13.4. The summed E-state index contributed by atoms with van der Waals surface area (Å²) in [5, 5.41) is 0. The van der Waals surface area contributed by atoms with Gasteiger partial charge >= 0.3 is 0 Å². The Kier molecular flexibility index (Phi) is 3.04. The van der Waals surface area contributed by atoms with Crippen LogP contribution < -0.4 is 11.5 Å². The Bertz CT molecular complexity index is 511. The molecule has 0 radical (unpaired) electrons. The van der Waals surface area contributed by atoms with Gasteiger partial charge in [0.2, 0.25) is 0 Å². The van der Waals surface area contributed by atoms with Crippen LogP contribution in [-0.2, 0) is 0 Å². The van der Waals surface area contributed by atoms with Gasteiger partial charge in [0, 0.05) is 11.4 Å². The molecule has 0 bridgehead atoms. The third-order valence-corrected chi connectivity index (χ3v) is 3.36. The third-order valence-electron chi connectivity index (χ3n) is 3.36. The lowest BCUT2D eigenvalue weighted by Gasteiger charge is -2.17. The van der Waals surface area contributed by atoms with Gasteiger partial charge in [-0.1, -0.05) is 0 Å². The van der Waals surface area contributed by atoms with Gasteiger partial charge in [-0.2, -0.15) is 0 Å². The van der Waals surface area contributed by atoms with Crippen molar-refractivity contribution in [3.05, 3.63) is 46.5 Å². The van der Waals surface area contributed by atoms with E-state index in [2.05, 4.69) is 27.7 Å². The van der Waals surface area contributed by atoms with Crippen molar-refractivity contribution < 1.29 is 0 Å². The molecule has 2 aromatic rings. The molecule has 0 aromatic heterocycles. The summed E-state index contributed by atoms with van der Waals surface area (Å²) in [5.74, 6) is 0. The molecule has 0 heterocycles. The van der Waals surface area contributed by atoms with E-state index in [-0.39, 0.29) is 0 Å². The number of nitrogens with two attached hydrogens (primary N) is 2. The van der Waals surface area contributed by atoms with Crippen LogP contribution in [0.2, 0.25) is 0 Å². The summed E-state index contributed by atoms with van der Waals surface area (Å²) in [7, 11) is 0. The molecule has 2 heteroatoms. The topological polar surface area (TPSA) is 52.0 Å². The highest BCUT2D eigenvalue weighted by Gasteiger charge is 2.12. The number of rotatable bonds is 1. The van der Waals surface area contributed by atoms with Crippen LogP contribution in [0.5, 0.6) is 0 Å². The van der Waals surface area contributed by atoms with Crippen LogP contribution in [0.4, 0.5) is 11.4 Å². The summed E-state index contributed by atoms with van der Waals surface area (Å²) in [5.41, 5.74) is 20.8. The minimum Gasteiger partial charge on any atom is -0.399 e. The fourth-order valence-corrected chi connectivity index (χ4v) is 2.78. The second-order valence-corrected chi connectivity index (χ2v) is 5.06. The minimum atomic E-state index is 0.819. The molecule has 4 N–H and O–H groups in total. The van der Waals surface area contributed by atoms with Crippen LogP contribution in [0.3, 0.4) is 0 Å². The summed E-state index contributed by atoms with van der Waals surface area (Å²) >= 11 is 0. The van der Waals surface area contributed by atoms with E-state index < -0.39 is 0 Å². The molecule has 0 fully saturated rings. The SMILES string of the molecule is Cc1cc(N)cc(C)c1-c1c(C)cc(N)cc1C. The van der Waals surface area contributed by atoms with E-state index in [0.29, 0.717) is 0 Å². The molecule has 0 aliphatic carbocycles. The molecule has 0 saturated heterocycles. The molecule has 18 heavy (non-hydrogen) atoms. The van der Waals surface area contributed by atoms with Gasteiger partial charge in [0.25, 0.3) is 0 Å². The predicted molar refractivity (Wildman–Crippen MR) is 79.7 cm³/mol. The summed E-state index contributed by atoms with van der Waals surface area (Å²) in [6.07, 6.45) is 0. The molecule has 0 aliphatic heterocycles. The standard InChI is InChI=1S/C16H20N2/c1-9-5-13(17)6-10(2)15(9)16-11(3)7-14(18)8-12(16)4/h5-8H,17-18H2,1-4H3. The first-order valence-corrected chi connectivity index (χ1v) is 6.14. The lowest BCUT2D eigenvalue weighted by atomic mass is 9.89. The normalized spacial score (nSPS) is 10.7. The fourth-order valence-electron chi connectivity index (χ4n) is 2.78. The Balaban J connectivity index is 2.78. The summed E-state index contributed by atoms with van der Waals surface area (Å²) in [4.78, 5) is 0. The lowest BCUT2D eigenvalue weighted by Crippen LogP contribution is -1.98. The molecule has 2 nitrogen and oxygen atoms in total. The molecular weight excluding hydrogens is 220 g/mol. The van der Waals surface area contributed by atoms with Crippen LogP contribution in [0.25, 0.3) is 11.1 Å². The zero-order valence-corrected chi connectivity index (χ0v) is 11.5. The molecule has 0 spiro atoms. The second kappa shape index (κ2) is 4.37. The monoisotopic (exact) mass is 240 g/mol. The lowest BCUT2D eigenvalue weighted by molar-refractivity contribution is 1.32. The maximum atomic E-state index is 5.89. The molecule has 0 unspecified atom stereocenters. The number of nitrogen functional groups attached to an aromatic ring is 2. The van der Waals surface area contributed by atoms with Gasteiger partial charge in [0.1, 0.15) is 0 Å². The maximum absolute atomic E-state index is 5.89. The first-order chi connectivity index (χ1) is 8.40. The summed E-state index contributed by atoms with van der Waals surface area (Å²) in [6, 6.07) is 8.10. The van der Waals surface area contributed by atoms with E-state index in [1.165, 1.54) is 33.4 Å². The molecule has 2 aromatic carbocycles. The highest BCUT2D eigenvalue weighted by Crippen LogP contribution is 2.35. The number of anilines is 2. The largest absolute Gasteiger partial charge is 0.399 e. The molecule has 0 aliphatic rings. The average molecular weight is 240 g/mol. The number of hydrogen-bond donors (Lipinski definition) is 2. The van der Waals surface area contributed by atoms with Crippen molar-refractivity contribution in [1.29, 1.82) is 0 Å². The van der Waals surface area contributed by atoms with Crippen molar-refractivity contribution in [2.24, 2.45) is 0 Å². The van der Waals surface area contributed by atoms with Crippen LogP contribution in [0.15, 0.2) is 24.3 Å². The first-order valence-electron chi connectivity index (χ1n) is 6.14. The number of aryl methyl sites for hydroxylation is 4. The van der Waals surface area contributed by atoms with Crippen molar-refractivity contribution in [3.8, 4) is 11.1 Å². The Morgan fingerprint density at radius 3 is 1.00 bits per heavy atom. The van der Waals surface area contributed by atoms with E-state index in [1.54, 1.807) is 0 Å². The van der Waals surface area contributed by atoms with Crippen LogP contribution >= 0.6 is 0 Å². The van der Waals surface area contributed by atoms with Gasteiger partial charge in [-0.25, -0.2) is 0 Å². The highest BCUT2D eigenvalue weighted by atomic mass is 14.5. The van der Waals surface area contributed by atoms with Crippen molar-refractivity contribution in [3.63, 3.8) is 0 Å². The molecule has 0 atom stereocenters. The van der Waals surface area contributed by atoms with Crippen LogP contribution in [0, 0.1) is 27.7 Å². The minimum absolute atomic E-state index is 0.819. The summed E-state index contributed by atoms with van der Waals surface area (Å²) in [6.45, 7) is 8.42. The van der Waals surface area contributed by atoms with Crippen molar-refractivity contribution in [2.75, 3.05) is 11.5 Å². The average Bonchev–Trinajstić information content (AvgIpc) is 2.20. The smallest absolute Gasteiger partial charge is 0.0319 e. The molecule has 2 rings (SSSR count). The van der Waals surface area contributed by atoms with Crippen LogP contribution in [-0.4, -0.2) is 0 Å². The maximum Gasteiger partial charge on any atom is 0.0319 e. The van der Waals surface area contributed by atoms with E-state index in [1.807, 2.05) is 24.3 Å². The van der Waals surface area contributed by atoms with Gasteiger partial charge in [0.15, 0.2) is 0 Å². The van der Waals surface area contributed by atoms with Crippen LogP contribution in [0.1, 0.15) is 22.3 Å². The van der Waals surface area contributed by atoms with E-state index >= 15 is 0 Å². The van der Waals surface area contributed by atoms with Crippen molar-refractivity contribution >= 4 is 11.4 Å². The number of benzene rings is 2. The second-order valence-electron chi connectivity index (χ2n) is 5.06. The van der Waals surface area contributed by atoms with Gasteiger partial charge in [-0.05, 0) is 85.3 Å². The van der Waals surface area contributed by atoms with Gasteiger partial charge in [-0.15, -0.1) is 0 Å². The molecular formula is C16H20N2.